The van der Waals surface area contributed by atoms with Gasteiger partial charge in [0.25, 0.3) is 5.91 Å². The van der Waals surface area contributed by atoms with Crippen LogP contribution in [0.5, 0.6) is 0 Å². The molecule has 5 nitrogen and oxygen atoms in total. The average molecular weight is 304 g/mol. The number of halogens is 3. The number of nitrogens with zero attached hydrogens (tertiary/aromatic N) is 2. The summed E-state index contributed by atoms with van der Waals surface area (Å²) in [5.41, 5.74) is 5.60. The van der Waals surface area contributed by atoms with Crippen molar-refractivity contribution in [2.75, 3.05) is 6.54 Å². The second kappa shape index (κ2) is 6.46. The van der Waals surface area contributed by atoms with Gasteiger partial charge >= 0.3 is 6.18 Å². The summed E-state index contributed by atoms with van der Waals surface area (Å²) >= 11 is 0. The lowest BCUT2D eigenvalue weighted by molar-refractivity contribution is -0.183. The number of rotatable bonds is 4. The average Bonchev–Trinajstić information content (AvgIpc) is 2.87. The maximum atomic E-state index is 12.7. The minimum Gasteiger partial charge on any atom is -0.348 e. The number of carbonyl (C=O) groups excluding carboxylic acids is 1. The predicted molar refractivity (Wildman–Crippen MR) is 70.5 cm³/mol. The number of hydrogen-bond donors (Lipinski definition) is 2. The molecule has 2 rings (SSSR count). The smallest absolute Gasteiger partial charge is 0.348 e. The van der Waals surface area contributed by atoms with Crippen LogP contribution >= 0.6 is 0 Å². The molecule has 8 heteroatoms. The first-order chi connectivity index (χ1) is 9.90. The van der Waals surface area contributed by atoms with Crippen LogP contribution in [-0.2, 0) is 6.54 Å². The van der Waals surface area contributed by atoms with E-state index < -0.39 is 24.0 Å². The Morgan fingerprint density at radius 1 is 1.48 bits per heavy atom. The highest BCUT2D eigenvalue weighted by Gasteiger charge is 2.42. The Labute approximate surface area is 120 Å². The van der Waals surface area contributed by atoms with E-state index in [2.05, 4.69) is 10.3 Å². The van der Waals surface area contributed by atoms with Gasteiger partial charge in [0.1, 0.15) is 5.69 Å². The van der Waals surface area contributed by atoms with Crippen LogP contribution in [0.3, 0.4) is 0 Å². The van der Waals surface area contributed by atoms with Gasteiger partial charge in [-0.2, -0.15) is 13.2 Å². The quantitative estimate of drug-likeness (QED) is 0.889. The molecule has 3 N–H and O–H groups in total. The molecule has 118 valence electrons. The van der Waals surface area contributed by atoms with Gasteiger partial charge in [0.2, 0.25) is 0 Å². The number of alkyl halides is 3. The highest BCUT2D eigenvalue weighted by atomic mass is 19.4. The third-order valence-corrected chi connectivity index (χ3v) is 3.73. The van der Waals surface area contributed by atoms with Gasteiger partial charge in [-0.3, -0.25) is 4.79 Å². The van der Waals surface area contributed by atoms with Crippen molar-refractivity contribution in [1.82, 2.24) is 14.9 Å². The van der Waals surface area contributed by atoms with Crippen LogP contribution in [0.4, 0.5) is 13.2 Å². The maximum absolute atomic E-state index is 12.7. The summed E-state index contributed by atoms with van der Waals surface area (Å²) in [6.07, 6.45) is -0.0299. The topological polar surface area (TPSA) is 72.9 Å². The molecule has 2 atom stereocenters. The maximum Gasteiger partial charge on any atom is 0.391 e. The zero-order chi connectivity index (χ0) is 15.5. The summed E-state index contributed by atoms with van der Waals surface area (Å²) in [7, 11) is 0. The summed E-state index contributed by atoms with van der Waals surface area (Å²) in [6, 6.07) is -0.447. The van der Waals surface area contributed by atoms with E-state index in [1.54, 1.807) is 10.8 Å². The Morgan fingerprint density at radius 3 is 2.90 bits per heavy atom. The van der Waals surface area contributed by atoms with Crippen LogP contribution in [0.1, 0.15) is 36.2 Å². The fourth-order valence-electron chi connectivity index (χ4n) is 2.63. The Morgan fingerprint density at radius 2 is 2.24 bits per heavy atom. The third kappa shape index (κ3) is 4.20. The zero-order valence-corrected chi connectivity index (χ0v) is 11.6. The van der Waals surface area contributed by atoms with E-state index in [0.717, 1.165) is 0 Å². The van der Waals surface area contributed by atoms with E-state index in [9.17, 15) is 18.0 Å². The summed E-state index contributed by atoms with van der Waals surface area (Å²) < 4.78 is 39.8. The van der Waals surface area contributed by atoms with Crippen molar-refractivity contribution >= 4 is 5.91 Å². The van der Waals surface area contributed by atoms with E-state index in [4.69, 9.17) is 5.73 Å². The largest absolute Gasteiger partial charge is 0.391 e. The van der Waals surface area contributed by atoms with E-state index >= 15 is 0 Å². The van der Waals surface area contributed by atoms with Gasteiger partial charge in [-0.15, -0.1) is 0 Å². The van der Waals surface area contributed by atoms with Gasteiger partial charge in [0.15, 0.2) is 0 Å². The molecule has 1 saturated carbocycles. The Kier molecular flexibility index (Phi) is 4.87. The van der Waals surface area contributed by atoms with E-state index in [1.165, 1.54) is 6.33 Å². The van der Waals surface area contributed by atoms with E-state index in [-0.39, 0.29) is 18.5 Å². The Hall–Kier alpha value is -1.57. The van der Waals surface area contributed by atoms with Crippen molar-refractivity contribution in [2.45, 2.75) is 44.4 Å². The molecule has 0 aromatic carbocycles. The van der Waals surface area contributed by atoms with Gasteiger partial charge in [-0.25, -0.2) is 4.98 Å². The van der Waals surface area contributed by atoms with Crippen molar-refractivity contribution in [3.8, 4) is 0 Å². The third-order valence-electron chi connectivity index (χ3n) is 3.73. The normalized spacial score (nSPS) is 23.0. The van der Waals surface area contributed by atoms with Crippen molar-refractivity contribution in [3.63, 3.8) is 0 Å². The molecule has 0 radical (unpaired) electrons. The first-order valence-corrected chi connectivity index (χ1v) is 6.99. The van der Waals surface area contributed by atoms with Crippen molar-refractivity contribution in [2.24, 2.45) is 11.7 Å². The molecule has 0 spiro atoms. The van der Waals surface area contributed by atoms with Crippen LogP contribution in [0.15, 0.2) is 12.5 Å². The molecule has 1 aromatic heterocycles. The van der Waals surface area contributed by atoms with Gasteiger partial charge in [-0.1, -0.05) is 6.42 Å². The molecule has 1 aliphatic rings. The van der Waals surface area contributed by atoms with Crippen LogP contribution in [0, 0.1) is 5.92 Å². The molecule has 0 aliphatic heterocycles. The summed E-state index contributed by atoms with van der Waals surface area (Å²) in [6.45, 7) is 0.965. The fourth-order valence-corrected chi connectivity index (χ4v) is 2.63. The molecular formula is C13H19F3N4O. The number of aromatic nitrogens is 2. The van der Waals surface area contributed by atoms with Crippen molar-refractivity contribution in [3.05, 3.63) is 18.2 Å². The SMILES string of the molecule is NCCn1cnc(C(=O)NC2CCCC(C(F)(F)F)C2)c1. The minimum atomic E-state index is -4.19. The first kappa shape index (κ1) is 15.8. The lowest BCUT2D eigenvalue weighted by Crippen LogP contribution is -2.41. The second-order valence-electron chi connectivity index (χ2n) is 5.36. The van der Waals surface area contributed by atoms with Crippen molar-refractivity contribution < 1.29 is 18.0 Å². The summed E-state index contributed by atoms with van der Waals surface area (Å²) in [4.78, 5) is 15.9. The lowest BCUT2D eigenvalue weighted by atomic mass is 9.85. The van der Waals surface area contributed by atoms with Crippen LogP contribution in [0.25, 0.3) is 0 Å². The van der Waals surface area contributed by atoms with Crippen LogP contribution < -0.4 is 11.1 Å². The van der Waals surface area contributed by atoms with Crippen LogP contribution in [-0.4, -0.2) is 34.2 Å². The molecule has 1 aliphatic carbocycles. The molecule has 21 heavy (non-hydrogen) atoms. The Balaban J connectivity index is 1.92. The predicted octanol–water partition coefficient (Wildman–Crippen LogP) is 1.69. The minimum absolute atomic E-state index is 0.0568. The number of nitrogens with one attached hydrogen (secondary N) is 1. The highest BCUT2D eigenvalue weighted by molar-refractivity contribution is 5.92. The number of amides is 1. The monoisotopic (exact) mass is 304 g/mol. The molecule has 1 amide bonds. The van der Waals surface area contributed by atoms with E-state index in [0.29, 0.717) is 25.9 Å². The molecule has 2 unspecified atom stereocenters. The molecule has 1 heterocycles. The highest BCUT2D eigenvalue weighted by Crippen LogP contribution is 2.37. The van der Waals surface area contributed by atoms with Gasteiger partial charge in [-0.05, 0) is 19.3 Å². The summed E-state index contributed by atoms with van der Waals surface area (Å²) in [5.74, 6) is -1.76. The Bertz CT molecular complexity index is 486. The lowest BCUT2D eigenvalue weighted by Gasteiger charge is -2.30. The molecule has 0 saturated heterocycles. The van der Waals surface area contributed by atoms with Gasteiger partial charge < -0.3 is 15.6 Å². The van der Waals surface area contributed by atoms with E-state index in [1.807, 2.05) is 0 Å². The number of hydrogen-bond acceptors (Lipinski definition) is 3. The molecular weight excluding hydrogens is 285 g/mol. The molecule has 1 aromatic rings. The molecule has 0 bridgehead atoms. The second-order valence-corrected chi connectivity index (χ2v) is 5.36. The number of carbonyl (C=O) groups is 1. The summed E-state index contributed by atoms with van der Waals surface area (Å²) in [5, 5.41) is 2.65. The number of nitrogens with two attached hydrogens (primary N) is 1. The first-order valence-electron chi connectivity index (χ1n) is 6.99. The zero-order valence-electron chi connectivity index (χ0n) is 11.6. The molecule has 1 fully saturated rings. The van der Waals surface area contributed by atoms with Gasteiger partial charge in [0, 0.05) is 25.3 Å². The van der Waals surface area contributed by atoms with Crippen LogP contribution in [0.2, 0.25) is 0 Å². The number of imidazole rings is 1. The van der Waals surface area contributed by atoms with Gasteiger partial charge in [0.05, 0.1) is 12.2 Å². The van der Waals surface area contributed by atoms with Crippen molar-refractivity contribution in [1.29, 1.82) is 0 Å². The standard InChI is InChI=1S/C13H19F3N4O/c14-13(15,16)9-2-1-3-10(6-9)19-12(21)11-7-20(5-4-17)8-18-11/h7-10H,1-6,17H2,(H,19,21). The fraction of sp³-hybridized carbons (Fsp3) is 0.692.